The summed E-state index contributed by atoms with van der Waals surface area (Å²) < 4.78 is 8.46. The van der Waals surface area contributed by atoms with Crippen LogP contribution in [0, 0.1) is 31.8 Å². The molecule has 0 spiro atoms. The number of imidazole rings is 2. The number of rotatable bonds is 9. The number of nitriles is 1. The van der Waals surface area contributed by atoms with Crippen LogP contribution in [-0.2, 0) is 27.2 Å². The normalized spacial score (nSPS) is 11.1. The number of anilines is 1. The molecule has 0 unspecified atom stereocenters. The van der Waals surface area contributed by atoms with Gasteiger partial charge in [-0.15, -0.1) is 11.3 Å². The molecule has 0 aliphatic heterocycles. The predicted molar refractivity (Wildman–Crippen MR) is 139 cm³/mol. The molecule has 10 heteroatoms. The summed E-state index contributed by atoms with van der Waals surface area (Å²) in [7, 11) is 4.05. The maximum atomic E-state index is 9.27. The second kappa shape index (κ2) is 11.0. The molecule has 3 aromatic heterocycles. The lowest BCUT2D eigenvalue weighted by Gasteiger charge is -2.24. The Morgan fingerprint density at radius 3 is 2.19 bits per heavy atom. The van der Waals surface area contributed by atoms with E-state index in [9.17, 15) is 5.26 Å². The van der Waals surface area contributed by atoms with Gasteiger partial charge in [0.15, 0.2) is 0 Å². The quantitative estimate of drug-likeness (QED) is 0.191. The van der Waals surface area contributed by atoms with Gasteiger partial charge < -0.3 is 4.90 Å². The van der Waals surface area contributed by atoms with Crippen molar-refractivity contribution in [3.05, 3.63) is 83.1 Å². The van der Waals surface area contributed by atoms with Crippen LogP contribution < -0.4 is 14.0 Å². The first-order chi connectivity index (χ1) is 17.4. The van der Waals surface area contributed by atoms with Gasteiger partial charge in [0.1, 0.15) is 48.9 Å². The first kappa shape index (κ1) is 24.8. The third kappa shape index (κ3) is 5.68. The summed E-state index contributed by atoms with van der Waals surface area (Å²) in [5.41, 5.74) is 3.94. The highest BCUT2D eigenvalue weighted by atomic mass is 32.1. The second-order valence-electron chi connectivity index (χ2n) is 8.73. The number of hydrogen-bond acceptors (Lipinski definition) is 5. The Balaban J connectivity index is 1.54. The van der Waals surface area contributed by atoms with Gasteiger partial charge in [-0.1, -0.05) is 0 Å². The Labute approximate surface area is 215 Å². The monoisotopic (exact) mass is 499 g/mol. The van der Waals surface area contributed by atoms with Gasteiger partial charge in [-0.05, 0) is 43.2 Å². The summed E-state index contributed by atoms with van der Waals surface area (Å²) in [6.07, 6.45) is 12.4. The molecule has 4 rings (SSSR count). The molecule has 0 radical (unpaired) electrons. The van der Waals surface area contributed by atoms with Crippen LogP contribution in [0.2, 0.25) is 0 Å². The fraction of sp³-hybridized carbons (Fsp3) is 0.308. The fourth-order valence-corrected chi connectivity index (χ4v) is 4.82. The maximum Gasteiger partial charge on any atom is 0.243 e. The lowest BCUT2D eigenvalue weighted by atomic mass is 10.1. The number of thiophene rings is 1. The molecule has 36 heavy (non-hydrogen) atoms. The summed E-state index contributed by atoms with van der Waals surface area (Å²) in [6, 6.07) is 8.31. The third-order valence-electron chi connectivity index (χ3n) is 6.01. The summed E-state index contributed by atoms with van der Waals surface area (Å²) in [5, 5.41) is 18.5. The van der Waals surface area contributed by atoms with Crippen LogP contribution in [0.1, 0.15) is 16.0 Å². The summed E-state index contributed by atoms with van der Waals surface area (Å²) in [6.45, 7) is 14.7. The van der Waals surface area contributed by atoms with E-state index in [1.165, 1.54) is 11.3 Å². The van der Waals surface area contributed by atoms with Gasteiger partial charge in [-0.3, -0.25) is 0 Å². The van der Waals surface area contributed by atoms with E-state index in [4.69, 9.17) is 6.57 Å². The average molecular weight is 500 g/mol. The molecule has 3 heterocycles. The fourth-order valence-electron chi connectivity index (χ4n) is 3.95. The van der Waals surface area contributed by atoms with Crippen LogP contribution in [0.5, 0.6) is 0 Å². The van der Waals surface area contributed by atoms with Crippen molar-refractivity contribution in [1.82, 2.24) is 9.13 Å². The van der Waals surface area contributed by atoms with Crippen molar-refractivity contribution >= 4 is 33.4 Å². The minimum Gasteiger partial charge on any atom is -0.364 e. The van der Waals surface area contributed by atoms with Crippen molar-refractivity contribution in [1.29, 1.82) is 5.26 Å². The molecule has 9 nitrogen and oxygen atoms in total. The highest BCUT2D eigenvalue weighted by Gasteiger charge is 2.16. The molecule has 0 fully saturated rings. The summed E-state index contributed by atoms with van der Waals surface area (Å²) in [4.78, 5) is 6.43. The molecule has 1 aromatic carbocycles. The van der Waals surface area contributed by atoms with E-state index < -0.39 is 0 Å². The van der Waals surface area contributed by atoms with Gasteiger partial charge in [0.25, 0.3) is 0 Å². The topological polar surface area (TPSA) is 73.7 Å². The van der Waals surface area contributed by atoms with Crippen LogP contribution in [0.4, 0.5) is 22.1 Å². The lowest BCUT2D eigenvalue weighted by molar-refractivity contribution is -0.671. The van der Waals surface area contributed by atoms with Crippen LogP contribution in [-0.4, -0.2) is 22.2 Å². The molecule has 0 bridgehead atoms. The predicted octanol–water partition coefficient (Wildman–Crippen LogP) is 4.66. The Morgan fingerprint density at radius 2 is 1.69 bits per heavy atom. The van der Waals surface area contributed by atoms with Crippen molar-refractivity contribution in [2.24, 2.45) is 24.3 Å². The van der Waals surface area contributed by atoms with Crippen molar-refractivity contribution in [2.75, 3.05) is 18.0 Å². The Kier molecular flexibility index (Phi) is 7.57. The zero-order valence-electron chi connectivity index (χ0n) is 21.0. The molecular formula is C26H29N9S+2. The minimum atomic E-state index is 0.401. The largest absolute Gasteiger partial charge is 0.364 e. The number of azo groups is 1. The van der Waals surface area contributed by atoms with E-state index in [2.05, 4.69) is 72.4 Å². The van der Waals surface area contributed by atoms with Gasteiger partial charge >= 0.3 is 0 Å². The minimum absolute atomic E-state index is 0.401. The second-order valence-corrected chi connectivity index (χ2v) is 9.72. The van der Waals surface area contributed by atoms with Crippen molar-refractivity contribution < 1.29 is 9.13 Å². The van der Waals surface area contributed by atoms with Gasteiger partial charge in [-0.25, -0.2) is 23.1 Å². The van der Waals surface area contributed by atoms with Crippen molar-refractivity contribution in [3.63, 3.8) is 0 Å². The van der Waals surface area contributed by atoms with Gasteiger partial charge in [0.05, 0.1) is 44.3 Å². The van der Waals surface area contributed by atoms with Crippen LogP contribution >= 0.6 is 11.3 Å². The van der Waals surface area contributed by atoms with Crippen molar-refractivity contribution in [3.8, 4) is 6.07 Å². The standard InChI is InChI=1S/C26H29N9S/c1-20-16-22(6-7-23(20)29-30-26-25(28-3)21(2)24(17-27)36-26)35(14-12-33-10-8-31(4)18-33)15-13-34-11-9-32(5)19-34/h6-11,16,18-19H,12-15H2,1-2,4-5H3/q+2. The van der Waals surface area contributed by atoms with Gasteiger partial charge in [-0.2, -0.15) is 15.5 Å². The lowest BCUT2D eigenvalue weighted by Crippen LogP contribution is -2.31. The molecule has 0 saturated carbocycles. The molecule has 4 aromatic rings. The van der Waals surface area contributed by atoms with E-state index in [0.29, 0.717) is 21.1 Å². The molecule has 0 aliphatic carbocycles. The Bertz CT molecular complexity index is 1430. The smallest absolute Gasteiger partial charge is 0.243 e. The Morgan fingerprint density at radius 1 is 1.06 bits per heavy atom. The highest BCUT2D eigenvalue weighted by Crippen LogP contribution is 2.42. The van der Waals surface area contributed by atoms with Crippen LogP contribution in [0.3, 0.4) is 0 Å². The molecule has 0 saturated heterocycles. The van der Waals surface area contributed by atoms with Crippen molar-refractivity contribution in [2.45, 2.75) is 26.9 Å². The molecule has 182 valence electrons. The average Bonchev–Trinajstić information content (AvgIpc) is 3.56. The SMILES string of the molecule is [C-]#[N+]c1c(N=Nc2ccc(N(CCn3cc[n+](C)c3)CCn3cc[n+](C)c3)cc2C)sc(C#N)c1C. The first-order valence-electron chi connectivity index (χ1n) is 11.6. The number of aryl methyl sites for hydroxylation is 3. The van der Waals surface area contributed by atoms with E-state index in [0.717, 1.165) is 43.1 Å². The number of nitrogens with zero attached hydrogens (tertiary/aromatic N) is 9. The number of hydrogen-bond donors (Lipinski definition) is 0. The zero-order chi connectivity index (χ0) is 25.7. The van der Waals surface area contributed by atoms with Gasteiger partial charge in [0.2, 0.25) is 18.3 Å². The van der Waals surface area contributed by atoms with E-state index in [1.807, 2.05) is 48.6 Å². The maximum absolute atomic E-state index is 9.27. The molecule has 0 aliphatic rings. The highest BCUT2D eigenvalue weighted by molar-refractivity contribution is 7.17. The number of aromatic nitrogens is 4. The Hall–Kier alpha value is -4.28. The van der Waals surface area contributed by atoms with E-state index >= 15 is 0 Å². The number of benzene rings is 1. The first-order valence-corrected chi connectivity index (χ1v) is 12.4. The molecular weight excluding hydrogens is 470 g/mol. The third-order valence-corrected chi connectivity index (χ3v) is 7.08. The van der Waals surface area contributed by atoms with E-state index in [-0.39, 0.29) is 0 Å². The summed E-state index contributed by atoms with van der Waals surface area (Å²) >= 11 is 1.20. The zero-order valence-corrected chi connectivity index (χ0v) is 21.8. The molecule has 0 amide bonds. The summed E-state index contributed by atoms with van der Waals surface area (Å²) in [5.74, 6) is 0. The molecule has 0 atom stereocenters. The molecule has 0 N–H and O–H groups in total. The van der Waals surface area contributed by atoms with Crippen LogP contribution in [0.25, 0.3) is 4.85 Å². The van der Waals surface area contributed by atoms with E-state index in [1.54, 1.807) is 6.92 Å². The van der Waals surface area contributed by atoms with Crippen LogP contribution in [0.15, 0.2) is 65.9 Å². The van der Waals surface area contributed by atoms with Gasteiger partial charge in [0, 0.05) is 5.69 Å².